The molecular weight excluding hydrogens is 216 g/mol. The van der Waals surface area contributed by atoms with Gasteiger partial charge in [-0.2, -0.15) is 0 Å². The van der Waals surface area contributed by atoms with Gasteiger partial charge in [0.05, 0.1) is 6.42 Å². The van der Waals surface area contributed by atoms with Crippen molar-refractivity contribution in [1.29, 1.82) is 0 Å². The zero-order valence-corrected chi connectivity index (χ0v) is 10.1. The van der Waals surface area contributed by atoms with Gasteiger partial charge in [0.15, 0.2) is 0 Å². The summed E-state index contributed by atoms with van der Waals surface area (Å²) in [6.45, 7) is 4.46. The van der Waals surface area contributed by atoms with Crippen LogP contribution in [0.4, 0.5) is 11.4 Å². The first kappa shape index (κ1) is 11.6. The van der Waals surface area contributed by atoms with Crippen molar-refractivity contribution < 1.29 is 9.59 Å². The van der Waals surface area contributed by atoms with E-state index in [4.69, 9.17) is 0 Å². The fraction of sp³-hybridized carbons (Fsp3) is 0.385. The minimum Gasteiger partial charge on any atom is -0.326 e. The van der Waals surface area contributed by atoms with Crippen LogP contribution < -0.4 is 10.2 Å². The third-order valence-electron chi connectivity index (χ3n) is 2.93. The predicted octanol–water partition coefficient (Wildman–Crippen LogP) is 1.94. The highest BCUT2D eigenvalue weighted by atomic mass is 16.2. The number of nitrogens with one attached hydrogen (secondary N) is 1. The molecule has 0 radical (unpaired) electrons. The molecule has 4 heteroatoms. The van der Waals surface area contributed by atoms with Crippen LogP contribution in [0.15, 0.2) is 18.2 Å². The molecule has 0 aliphatic carbocycles. The van der Waals surface area contributed by atoms with Gasteiger partial charge < -0.3 is 10.2 Å². The monoisotopic (exact) mass is 232 g/mol. The van der Waals surface area contributed by atoms with Crippen LogP contribution in [0, 0.1) is 0 Å². The third kappa shape index (κ3) is 2.16. The number of hydrogen-bond acceptors (Lipinski definition) is 2. The quantitative estimate of drug-likeness (QED) is 0.865. The molecule has 1 aromatic rings. The minimum absolute atomic E-state index is 0.0124. The van der Waals surface area contributed by atoms with Crippen molar-refractivity contribution in [2.24, 2.45) is 0 Å². The summed E-state index contributed by atoms with van der Waals surface area (Å²) >= 11 is 0. The van der Waals surface area contributed by atoms with Crippen LogP contribution in [0.1, 0.15) is 25.8 Å². The largest absolute Gasteiger partial charge is 0.326 e. The number of carbonyl (C=O) groups excluding carboxylic acids is 2. The van der Waals surface area contributed by atoms with E-state index in [2.05, 4.69) is 5.32 Å². The summed E-state index contributed by atoms with van der Waals surface area (Å²) in [5.74, 6) is 0.114. The van der Waals surface area contributed by atoms with Gasteiger partial charge in [0.25, 0.3) is 0 Å². The van der Waals surface area contributed by atoms with Gasteiger partial charge in [0, 0.05) is 24.3 Å². The van der Waals surface area contributed by atoms with Crippen molar-refractivity contribution in [3.05, 3.63) is 23.8 Å². The van der Waals surface area contributed by atoms with E-state index in [1.807, 2.05) is 32.0 Å². The van der Waals surface area contributed by atoms with Crippen LogP contribution in [0.2, 0.25) is 0 Å². The highest BCUT2D eigenvalue weighted by molar-refractivity contribution is 6.02. The highest BCUT2D eigenvalue weighted by Crippen LogP contribution is 2.30. The summed E-state index contributed by atoms with van der Waals surface area (Å²) < 4.78 is 0. The van der Waals surface area contributed by atoms with Crippen LogP contribution in [-0.4, -0.2) is 18.4 Å². The summed E-state index contributed by atoms with van der Waals surface area (Å²) in [5, 5.41) is 2.80. The lowest BCUT2D eigenvalue weighted by atomic mass is 10.1. The number of nitrogens with zero attached hydrogens (tertiary/aromatic N) is 1. The maximum atomic E-state index is 11.7. The first-order chi connectivity index (χ1) is 8.15. The van der Waals surface area contributed by atoms with Crippen LogP contribution in [0.25, 0.3) is 0 Å². The number of fused-ring (bicyclic) bond motifs is 1. The van der Waals surface area contributed by atoms with Crippen molar-refractivity contribution >= 4 is 23.2 Å². The number of benzene rings is 1. The SMILES string of the molecule is CCC(=O)Nc1ccc2c(c1)CC(=O)N2CC. The average molecular weight is 232 g/mol. The van der Waals surface area contributed by atoms with Crippen LogP contribution in [0.5, 0.6) is 0 Å². The molecule has 17 heavy (non-hydrogen) atoms. The lowest BCUT2D eigenvalue weighted by Crippen LogP contribution is -2.25. The van der Waals surface area contributed by atoms with E-state index in [1.165, 1.54) is 0 Å². The molecule has 0 atom stereocenters. The van der Waals surface area contributed by atoms with Gasteiger partial charge in [-0.3, -0.25) is 9.59 Å². The molecule has 0 spiro atoms. The Labute approximate surface area is 101 Å². The Morgan fingerprint density at radius 2 is 2.18 bits per heavy atom. The zero-order chi connectivity index (χ0) is 12.4. The van der Waals surface area contributed by atoms with E-state index < -0.39 is 0 Å². The molecule has 2 amide bonds. The fourth-order valence-electron chi connectivity index (χ4n) is 2.06. The topological polar surface area (TPSA) is 49.4 Å². The number of rotatable bonds is 3. The molecule has 0 saturated carbocycles. The van der Waals surface area contributed by atoms with Crippen molar-refractivity contribution in [2.45, 2.75) is 26.7 Å². The molecule has 1 aliphatic rings. The molecule has 0 unspecified atom stereocenters. The highest BCUT2D eigenvalue weighted by Gasteiger charge is 2.25. The van der Waals surface area contributed by atoms with Crippen molar-refractivity contribution in [3.8, 4) is 0 Å². The Bertz CT molecular complexity index is 468. The molecule has 1 heterocycles. The standard InChI is InChI=1S/C13H16N2O2/c1-3-12(16)14-10-5-6-11-9(7-10)8-13(17)15(11)4-2/h5-7H,3-4,8H2,1-2H3,(H,14,16). The first-order valence-electron chi connectivity index (χ1n) is 5.88. The summed E-state index contributed by atoms with van der Waals surface area (Å²) in [5.41, 5.74) is 2.72. The molecule has 0 bridgehead atoms. The summed E-state index contributed by atoms with van der Waals surface area (Å²) in [6.07, 6.45) is 0.885. The Kier molecular flexibility index (Phi) is 3.13. The van der Waals surface area contributed by atoms with E-state index >= 15 is 0 Å². The number of amides is 2. The van der Waals surface area contributed by atoms with Gasteiger partial charge in [0.1, 0.15) is 0 Å². The lowest BCUT2D eigenvalue weighted by Gasteiger charge is -2.14. The predicted molar refractivity (Wildman–Crippen MR) is 67.1 cm³/mol. The molecule has 1 aromatic carbocycles. The fourth-order valence-corrected chi connectivity index (χ4v) is 2.06. The molecule has 0 saturated heterocycles. The third-order valence-corrected chi connectivity index (χ3v) is 2.93. The van der Waals surface area contributed by atoms with Gasteiger partial charge in [-0.15, -0.1) is 0 Å². The molecule has 1 N–H and O–H groups in total. The second-order valence-electron chi connectivity index (χ2n) is 4.06. The van der Waals surface area contributed by atoms with Gasteiger partial charge in [-0.25, -0.2) is 0 Å². The van der Waals surface area contributed by atoms with Crippen LogP contribution in [0.3, 0.4) is 0 Å². The van der Waals surface area contributed by atoms with Gasteiger partial charge >= 0.3 is 0 Å². The molecule has 0 fully saturated rings. The van der Waals surface area contributed by atoms with Crippen LogP contribution in [-0.2, 0) is 16.0 Å². The Hall–Kier alpha value is -1.84. The number of hydrogen-bond donors (Lipinski definition) is 1. The molecular formula is C13H16N2O2. The van der Waals surface area contributed by atoms with E-state index in [0.717, 1.165) is 16.9 Å². The normalized spacial score (nSPS) is 13.8. The van der Waals surface area contributed by atoms with Crippen molar-refractivity contribution in [2.75, 3.05) is 16.8 Å². The van der Waals surface area contributed by atoms with E-state index in [1.54, 1.807) is 4.90 Å². The Balaban J connectivity index is 2.25. The van der Waals surface area contributed by atoms with E-state index in [0.29, 0.717) is 19.4 Å². The van der Waals surface area contributed by atoms with Gasteiger partial charge in [-0.1, -0.05) is 6.92 Å². The van der Waals surface area contributed by atoms with Crippen LogP contribution >= 0.6 is 0 Å². The number of likely N-dealkylation sites (N-methyl/N-ethyl adjacent to an activating group) is 1. The molecule has 90 valence electrons. The van der Waals surface area contributed by atoms with Gasteiger partial charge in [0.2, 0.25) is 11.8 Å². The number of anilines is 2. The summed E-state index contributed by atoms with van der Waals surface area (Å²) in [6, 6.07) is 5.62. The van der Waals surface area contributed by atoms with Crippen molar-refractivity contribution in [3.63, 3.8) is 0 Å². The van der Waals surface area contributed by atoms with E-state index in [9.17, 15) is 9.59 Å². The molecule has 4 nitrogen and oxygen atoms in total. The average Bonchev–Trinajstić information content (AvgIpc) is 2.63. The Morgan fingerprint density at radius 3 is 2.82 bits per heavy atom. The molecule has 0 aromatic heterocycles. The second kappa shape index (κ2) is 4.57. The van der Waals surface area contributed by atoms with Crippen molar-refractivity contribution in [1.82, 2.24) is 0 Å². The maximum absolute atomic E-state index is 11.7. The minimum atomic E-state index is -0.0124. The lowest BCUT2D eigenvalue weighted by molar-refractivity contribution is -0.117. The molecule has 2 rings (SSSR count). The zero-order valence-electron chi connectivity index (χ0n) is 10.1. The van der Waals surface area contributed by atoms with E-state index in [-0.39, 0.29) is 11.8 Å². The Morgan fingerprint density at radius 1 is 1.41 bits per heavy atom. The van der Waals surface area contributed by atoms with Gasteiger partial charge in [-0.05, 0) is 30.7 Å². The maximum Gasteiger partial charge on any atom is 0.231 e. The summed E-state index contributed by atoms with van der Waals surface area (Å²) in [4.78, 5) is 24.7. The first-order valence-corrected chi connectivity index (χ1v) is 5.88. The smallest absolute Gasteiger partial charge is 0.231 e. The molecule has 1 aliphatic heterocycles. The second-order valence-corrected chi connectivity index (χ2v) is 4.06. The number of carbonyl (C=O) groups is 2. The summed E-state index contributed by atoms with van der Waals surface area (Å²) in [7, 11) is 0.